The Kier molecular flexibility index (Phi) is 3.34. The molecule has 4 atom stereocenters. The van der Waals surface area contributed by atoms with Crippen molar-refractivity contribution in [2.24, 2.45) is 17.6 Å². The summed E-state index contributed by atoms with van der Waals surface area (Å²) in [5, 5.41) is 9.70. The monoisotopic (exact) mass is 373 g/mol. The minimum Gasteiger partial charge on any atom is -0.487 e. The Balaban J connectivity index is 1.76. The van der Waals surface area contributed by atoms with Crippen LogP contribution >= 0.6 is 0 Å². The van der Waals surface area contributed by atoms with E-state index in [1.807, 2.05) is 4.90 Å². The molecule has 3 heterocycles. The molecule has 1 aromatic carbocycles. The number of fused-ring (bicyclic) bond motifs is 1. The van der Waals surface area contributed by atoms with Crippen molar-refractivity contribution in [2.45, 2.75) is 25.4 Å². The van der Waals surface area contributed by atoms with Gasteiger partial charge in [-0.3, -0.25) is 9.36 Å². The van der Waals surface area contributed by atoms with Gasteiger partial charge in [0, 0.05) is 24.5 Å². The third-order valence-electron chi connectivity index (χ3n) is 6.27. The number of rotatable bonds is 2. The molecule has 0 amide bonds. The van der Waals surface area contributed by atoms with Gasteiger partial charge in [0.1, 0.15) is 17.9 Å². The van der Waals surface area contributed by atoms with Crippen LogP contribution in [0, 0.1) is 17.7 Å². The summed E-state index contributed by atoms with van der Waals surface area (Å²) in [4.78, 5) is 26.1. The second-order valence-electron chi connectivity index (χ2n) is 7.90. The zero-order chi connectivity index (χ0) is 19.0. The molecule has 1 saturated carbocycles. The molecule has 3 aliphatic rings. The summed E-state index contributed by atoms with van der Waals surface area (Å²) in [7, 11) is 0. The minimum absolute atomic E-state index is 0.150. The highest BCUT2D eigenvalue weighted by Gasteiger charge is 2.46. The van der Waals surface area contributed by atoms with E-state index >= 15 is 4.39 Å². The largest absolute Gasteiger partial charge is 0.487 e. The SMILES string of the molecule is C[C@H]1COc2c(N3CC4CC(N)C4C3)c(F)cc3cc(C(=O)O)c(=O)n1c23. The minimum atomic E-state index is -1.32. The van der Waals surface area contributed by atoms with E-state index in [9.17, 15) is 14.7 Å². The summed E-state index contributed by atoms with van der Waals surface area (Å²) in [5.74, 6) is -0.649. The van der Waals surface area contributed by atoms with Crippen molar-refractivity contribution >= 4 is 22.6 Å². The first kappa shape index (κ1) is 16.6. The lowest BCUT2D eigenvalue weighted by atomic mass is 9.72. The molecule has 0 spiro atoms. The van der Waals surface area contributed by atoms with Crippen LogP contribution in [-0.4, -0.2) is 41.4 Å². The molecule has 1 saturated heterocycles. The van der Waals surface area contributed by atoms with Crippen molar-refractivity contribution in [3.8, 4) is 5.75 Å². The Morgan fingerprint density at radius 1 is 1.37 bits per heavy atom. The number of anilines is 1. The lowest BCUT2D eigenvalue weighted by Crippen LogP contribution is -2.46. The number of carboxylic acids is 1. The second kappa shape index (κ2) is 5.45. The van der Waals surface area contributed by atoms with E-state index in [1.54, 1.807) is 6.92 Å². The molecule has 7 nitrogen and oxygen atoms in total. The number of carboxylic acid groups (broad SMARTS) is 1. The molecule has 5 rings (SSSR count). The van der Waals surface area contributed by atoms with Crippen LogP contribution in [0.1, 0.15) is 29.7 Å². The van der Waals surface area contributed by atoms with E-state index in [4.69, 9.17) is 10.5 Å². The molecule has 1 aromatic heterocycles. The van der Waals surface area contributed by atoms with Gasteiger partial charge in [-0.2, -0.15) is 0 Å². The Morgan fingerprint density at radius 2 is 2.15 bits per heavy atom. The van der Waals surface area contributed by atoms with Crippen molar-refractivity contribution in [1.29, 1.82) is 0 Å². The molecule has 3 unspecified atom stereocenters. The molecular weight excluding hydrogens is 353 g/mol. The summed E-state index contributed by atoms with van der Waals surface area (Å²) in [5.41, 5.74) is 5.93. The van der Waals surface area contributed by atoms with Crippen LogP contribution in [0.4, 0.5) is 10.1 Å². The van der Waals surface area contributed by atoms with Gasteiger partial charge < -0.3 is 20.5 Å². The van der Waals surface area contributed by atoms with Gasteiger partial charge in [0.05, 0.1) is 11.6 Å². The second-order valence-corrected chi connectivity index (χ2v) is 7.90. The standard InChI is InChI=1S/C19H20FN3O4/c1-8-7-27-17-15-9(2-11(19(25)26)18(24)23(8)15)3-13(20)16(17)22-5-10-4-14(21)12(10)6-22/h2-3,8,10,12,14H,4-7,21H2,1H3,(H,25,26)/t8-,10?,12?,14?/m0/s1. The Morgan fingerprint density at radius 3 is 2.81 bits per heavy atom. The Bertz CT molecular complexity index is 1050. The van der Waals surface area contributed by atoms with Crippen LogP contribution in [0.2, 0.25) is 0 Å². The first-order valence-corrected chi connectivity index (χ1v) is 9.15. The van der Waals surface area contributed by atoms with E-state index in [0.29, 0.717) is 47.3 Å². The van der Waals surface area contributed by atoms with E-state index in [2.05, 4.69) is 0 Å². The predicted octanol–water partition coefficient (Wildman–Crippen LogP) is 1.58. The third kappa shape index (κ3) is 2.16. The fourth-order valence-electron chi connectivity index (χ4n) is 4.86. The van der Waals surface area contributed by atoms with Gasteiger partial charge in [-0.1, -0.05) is 0 Å². The molecule has 2 fully saturated rings. The number of ether oxygens (including phenoxy) is 1. The number of aromatic carboxylic acids is 1. The molecule has 27 heavy (non-hydrogen) atoms. The van der Waals surface area contributed by atoms with E-state index in [0.717, 1.165) is 6.42 Å². The highest BCUT2D eigenvalue weighted by molar-refractivity contribution is 5.97. The van der Waals surface area contributed by atoms with Crippen molar-refractivity contribution in [3.05, 3.63) is 33.9 Å². The first-order chi connectivity index (χ1) is 12.9. The molecule has 2 aliphatic heterocycles. The number of carbonyl (C=O) groups is 1. The smallest absolute Gasteiger partial charge is 0.341 e. The van der Waals surface area contributed by atoms with Gasteiger partial charge >= 0.3 is 5.97 Å². The molecule has 0 bridgehead atoms. The molecule has 0 radical (unpaired) electrons. The van der Waals surface area contributed by atoms with Gasteiger partial charge in [0.25, 0.3) is 5.56 Å². The maximum Gasteiger partial charge on any atom is 0.341 e. The van der Waals surface area contributed by atoms with Crippen LogP contribution < -0.4 is 20.9 Å². The highest BCUT2D eigenvalue weighted by atomic mass is 19.1. The molecule has 2 aromatic rings. The van der Waals surface area contributed by atoms with Gasteiger partial charge in [-0.05, 0) is 37.3 Å². The summed E-state index contributed by atoms with van der Waals surface area (Å²) in [6, 6.07) is 2.35. The Hall–Kier alpha value is -2.61. The number of hydrogen-bond donors (Lipinski definition) is 2. The van der Waals surface area contributed by atoms with Crippen LogP contribution in [0.3, 0.4) is 0 Å². The average Bonchev–Trinajstić information content (AvgIpc) is 2.95. The van der Waals surface area contributed by atoms with Gasteiger partial charge in [0.2, 0.25) is 0 Å². The molecule has 1 aliphatic carbocycles. The van der Waals surface area contributed by atoms with Crippen LogP contribution in [0.5, 0.6) is 5.75 Å². The fourth-order valence-corrected chi connectivity index (χ4v) is 4.86. The van der Waals surface area contributed by atoms with Crippen molar-refractivity contribution in [1.82, 2.24) is 4.57 Å². The van der Waals surface area contributed by atoms with Crippen LogP contribution in [0.25, 0.3) is 10.9 Å². The fraction of sp³-hybridized carbons (Fsp3) is 0.474. The maximum absolute atomic E-state index is 15.1. The quantitative estimate of drug-likeness (QED) is 0.829. The average molecular weight is 373 g/mol. The molecule has 8 heteroatoms. The lowest BCUT2D eigenvalue weighted by molar-refractivity contribution is 0.0694. The van der Waals surface area contributed by atoms with Crippen LogP contribution in [-0.2, 0) is 0 Å². The van der Waals surface area contributed by atoms with Crippen molar-refractivity contribution in [2.75, 3.05) is 24.6 Å². The third-order valence-corrected chi connectivity index (χ3v) is 6.27. The van der Waals surface area contributed by atoms with E-state index in [-0.39, 0.29) is 24.3 Å². The number of nitrogens with zero attached hydrogens (tertiary/aromatic N) is 2. The highest BCUT2D eigenvalue weighted by Crippen LogP contribution is 2.47. The van der Waals surface area contributed by atoms with Crippen molar-refractivity contribution < 1.29 is 19.0 Å². The molecular formula is C19H20FN3O4. The number of nitrogens with two attached hydrogens (primary N) is 1. The number of benzene rings is 1. The summed E-state index contributed by atoms with van der Waals surface area (Å²) in [6.07, 6.45) is 0.941. The van der Waals surface area contributed by atoms with Crippen LogP contribution in [0.15, 0.2) is 16.9 Å². The number of pyridine rings is 1. The molecule has 142 valence electrons. The van der Waals surface area contributed by atoms with Gasteiger partial charge in [-0.25, -0.2) is 9.18 Å². The number of aromatic nitrogens is 1. The lowest BCUT2D eigenvalue weighted by Gasteiger charge is -2.36. The molecule has 3 N–H and O–H groups in total. The normalized spacial score (nSPS) is 28.6. The number of hydrogen-bond acceptors (Lipinski definition) is 5. The predicted molar refractivity (Wildman–Crippen MR) is 97.1 cm³/mol. The zero-order valence-electron chi connectivity index (χ0n) is 14.8. The summed E-state index contributed by atoms with van der Waals surface area (Å²) < 4.78 is 22.4. The maximum atomic E-state index is 15.1. The van der Waals surface area contributed by atoms with Gasteiger partial charge in [-0.15, -0.1) is 0 Å². The number of halogens is 1. The van der Waals surface area contributed by atoms with E-state index < -0.39 is 17.3 Å². The van der Waals surface area contributed by atoms with Crippen molar-refractivity contribution in [3.63, 3.8) is 0 Å². The summed E-state index contributed by atoms with van der Waals surface area (Å²) in [6.45, 7) is 3.34. The zero-order valence-corrected chi connectivity index (χ0v) is 14.8. The van der Waals surface area contributed by atoms with E-state index in [1.165, 1.54) is 16.7 Å². The Labute approximate surface area is 154 Å². The topological polar surface area (TPSA) is 97.8 Å². The first-order valence-electron chi connectivity index (χ1n) is 9.15. The van der Waals surface area contributed by atoms with Gasteiger partial charge in [0.15, 0.2) is 11.6 Å². The summed E-state index contributed by atoms with van der Waals surface area (Å²) >= 11 is 0.